The van der Waals surface area contributed by atoms with Crippen LogP contribution in [0.5, 0.6) is 0 Å². The number of anilines is 1. The van der Waals surface area contributed by atoms with Gasteiger partial charge in [0, 0.05) is 5.69 Å². The van der Waals surface area contributed by atoms with Crippen LogP contribution in [0.25, 0.3) is 0 Å². The van der Waals surface area contributed by atoms with Crippen molar-refractivity contribution in [2.45, 2.75) is 19.4 Å². The molecule has 1 aromatic rings. The average molecular weight is 218 g/mol. The summed E-state index contributed by atoms with van der Waals surface area (Å²) in [7, 11) is 0. The molecule has 2 amide bonds. The van der Waals surface area contributed by atoms with E-state index in [0.29, 0.717) is 12.1 Å². The van der Waals surface area contributed by atoms with Crippen molar-refractivity contribution in [1.82, 2.24) is 5.32 Å². The highest BCUT2D eigenvalue weighted by molar-refractivity contribution is 5.97. The number of carbonyl (C=O) groups excluding carboxylic acids is 2. The third kappa shape index (κ3) is 3.73. The molecule has 1 unspecified atom stereocenters. The first kappa shape index (κ1) is 12.2. The molecule has 0 saturated carbocycles. The van der Waals surface area contributed by atoms with E-state index in [9.17, 15) is 9.59 Å². The molecule has 2 N–H and O–H groups in total. The monoisotopic (exact) mass is 218 g/mol. The predicted octanol–water partition coefficient (Wildman–Crippen LogP) is 1.23. The molecule has 84 valence electrons. The number of para-hydroxylation sites is 1. The van der Waals surface area contributed by atoms with Crippen molar-refractivity contribution in [3.05, 3.63) is 37.3 Å². The van der Waals surface area contributed by atoms with Crippen molar-refractivity contribution in [1.29, 1.82) is 0 Å². The molecule has 16 heavy (non-hydrogen) atoms. The lowest BCUT2D eigenvalue weighted by Crippen LogP contribution is -2.42. The van der Waals surface area contributed by atoms with Gasteiger partial charge in [-0.05, 0) is 18.6 Å². The third-order valence-corrected chi connectivity index (χ3v) is 2.08. The van der Waals surface area contributed by atoms with Gasteiger partial charge in [0.15, 0.2) is 0 Å². The molecule has 4 heteroatoms. The molecule has 0 heterocycles. The normalized spacial score (nSPS) is 11.6. The summed E-state index contributed by atoms with van der Waals surface area (Å²) in [5.74, 6) is -0.970. The van der Waals surface area contributed by atoms with Crippen LogP contribution in [0.1, 0.15) is 13.3 Å². The lowest BCUT2D eigenvalue weighted by atomic mass is 10.2. The SMILES string of the molecule is [CH]C(=O)NC(CC)C(=O)Nc1ccccc1. The Morgan fingerprint density at radius 1 is 1.31 bits per heavy atom. The summed E-state index contributed by atoms with van der Waals surface area (Å²) in [6.07, 6.45) is 0.488. The number of hydrogen-bond donors (Lipinski definition) is 2. The fourth-order valence-corrected chi connectivity index (χ4v) is 1.28. The maximum absolute atomic E-state index is 11.7. The van der Waals surface area contributed by atoms with Gasteiger partial charge in [-0.2, -0.15) is 0 Å². The van der Waals surface area contributed by atoms with Gasteiger partial charge in [0.2, 0.25) is 11.8 Å². The van der Waals surface area contributed by atoms with Gasteiger partial charge in [-0.3, -0.25) is 9.59 Å². The molecule has 4 nitrogen and oxygen atoms in total. The van der Waals surface area contributed by atoms with E-state index < -0.39 is 11.9 Å². The van der Waals surface area contributed by atoms with Crippen LogP contribution in [-0.4, -0.2) is 17.9 Å². The molecule has 0 aromatic heterocycles. The van der Waals surface area contributed by atoms with E-state index in [0.717, 1.165) is 0 Å². The molecule has 0 spiro atoms. The molecule has 1 aromatic carbocycles. The molecule has 0 aliphatic carbocycles. The molecular formula is C12H14N2O2. The molecule has 0 aliphatic heterocycles. The Labute approximate surface area is 95.0 Å². The van der Waals surface area contributed by atoms with Crippen LogP contribution < -0.4 is 10.6 Å². The fourth-order valence-electron chi connectivity index (χ4n) is 1.28. The molecule has 0 fully saturated rings. The fraction of sp³-hybridized carbons (Fsp3) is 0.250. The van der Waals surface area contributed by atoms with Gasteiger partial charge in [0.25, 0.3) is 0 Å². The zero-order valence-electron chi connectivity index (χ0n) is 9.07. The van der Waals surface area contributed by atoms with Gasteiger partial charge < -0.3 is 10.6 Å². The van der Waals surface area contributed by atoms with E-state index in [1.54, 1.807) is 19.1 Å². The average Bonchev–Trinajstić information content (AvgIpc) is 2.26. The maximum atomic E-state index is 11.7. The Balaban J connectivity index is 2.59. The minimum absolute atomic E-state index is 0.271. The Bertz CT molecular complexity index is 363. The van der Waals surface area contributed by atoms with Crippen molar-refractivity contribution in [2.24, 2.45) is 0 Å². The van der Waals surface area contributed by atoms with Crippen LogP contribution in [0.4, 0.5) is 5.69 Å². The molecule has 0 aliphatic rings. The van der Waals surface area contributed by atoms with Crippen LogP contribution in [-0.2, 0) is 9.59 Å². The zero-order valence-corrected chi connectivity index (χ0v) is 9.07. The van der Waals surface area contributed by atoms with Gasteiger partial charge in [-0.15, -0.1) is 0 Å². The number of benzene rings is 1. The highest BCUT2D eigenvalue weighted by atomic mass is 16.2. The molecule has 1 rings (SSSR count). The minimum atomic E-state index is -0.699. The number of hydrogen-bond acceptors (Lipinski definition) is 2. The number of carbonyl (C=O) groups is 2. The maximum Gasteiger partial charge on any atom is 0.246 e. The second-order valence-electron chi connectivity index (χ2n) is 3.32. The predicted molar refractivity (Wildman–Crippen MR) is 61.6 cm³/mol. The third-order valence-electron chi connectivity index (χ3n) is 2.08. The van der Waals surface area contributed by atoms with Crippen LogP contribution in [0, 0.1) is 6.92 Å². The van der Waals surface area contributed by atoms with Crippen molar-refractivity contribution >= 4 is 17.5 Å². The largest absolute Gasteiger partial charge is 0.344 e. The van der Waals surface area contributed by atoms with Gasteiger partial charge in [-0.1, -0.05) is 25.1 Å². The van der Waals surface area contributed by atoms with Gasteiger partial charge >= 0.3 is 0 Å². The summed E-state index contributed by atoms with van der Waals surface area (Å²) in [4.78, 5) is 22.4. The second-order valence-corrected chi connectivity index (χ2v) is 3.32. The van der Waals surface area contributed by atoms with E-state index in [2.05, 4.69) is 10.6 Å². The quantitative estimate of drug-likeness (QED) is 0.798. The Morgan fingerprint density at radius 3 is 2.44 bits per heavy atom. The standard InChI is InChI=1S/C12H14N2O2/c1-3-11(13-9(2)15)12(16)14-10-7-5-4-6-8-10/h2,4-8,11H,3H2,1H3,(H,13,15)(H,14,16). The zero-order chi connectivity index (χ0) is 12.0. The summed E-state index contributed by atoms with van der Waals surface area (Å²) in [5.41, 5.74) is 0.692. The van der Waals surface area contributed by atoms with Gasteiger partial charge in [0.05, 0.1) is 6.92 Å². The lowest BCUT2D eigenvalue weighted by molar-refractivity contribution is -0.124. The first-order valence-corrected chi connectivity index (χ1v) is 5.05. The first-order valence-electron chi connectivity index (χ1n) is 5.05. The summed E-state index contributed by atoms with van der Waals surface area (Å²) in [5, 5.41) is 5.07. The summed E-state index contributed by atoms with van der Waals surface area (Å²) in [6.45, 7) is 6.77. The van der Waals surface area contributed by atoms with E-state index in [1.807, 2.05) is 18.2 Å². The summed E-state index contributed by atoms with van der Waals surface area (Å²) < 4.78 is 0. The van der Waals surface area contributed by atoms with Gasteiger partial charge in [0.1, 0.15) is 6.04 Å². The topological polar surface area (TPSA) is 58.2 Å². The highest BCUT2D eigenvalue weighted by Crippen LogP contribution is 2.06. The van der Waals surface area contributed by atoms with E-state index >= 15 is 0 Å². The molecule has 1 atom stereocenters. The second kappa shape index (κ2) is 5.90. The van der Waals surface area contributed by atoms with Gasteiger partial charge in [-0.25, -0.2) is 0 Å². The van der Waals surface area contributed by atoms with Crippen LogP contribution in [0.3, 0.4) is 0 Å². The Hall–Kier alpha value is -1.84. The van der Waals surface area contributed by atoms with Crippen molar-refractivity contribution in [2.75, 3.05) is 5.32 Å². The lowest BCUT2D eigenvalue weighted by Gasteiger charge is -2.15. The number of rotatable bonds is 4. The Morgan fingerprint density at radius 2 is 1.94 bits per heavy atom. The number of amides is 2. The summed E-state index contributed by atoms with van der Waals surface area (Å²) in [6, 6.07) is 8.44. The van der Waals surface area contributed by atoms with E-state index in [4.69, 9.17) is 6.92 Å². The van der Waals surface area contributed by atoms with Crippen molar-refractivity contribution < 1.29 is 9.59 Å². The van der Waals surface area contributed by atoms with Crippen LogP contribution in [0.15, 0.2) is 30.3 Å². The summed E-state index contributed by atoms with van der Waals surface area (Å²) >= 11 is 0. The van der Waals surface area contributed by atoms with E-state index in [1.165, 1.54) is 0 Å². The van der Waals surface area contributed by atoms with Crippen LogP contribution in [0.2, 0.25) is 0 Å². The van der Waals surface area contributed by atoms with E-state index in [-0.39, 0.29) is 5.91 Å². The smallest absolute Gasteiger partial charge is 0.246 e. The van der Waals surface area contributed by atoms with Crippen molar-refractivity contribution in [3.8, 4) is 0 Å². The van der Waals surface area contributed by atoms with Crippen molar-refractivity contribution in [3.63, 3.8) is 0 Å². The minimum Gasteiger partial charge on any atom is -0.344 e. The highest BCUT2D eigenvalue weighted by Gasteiger charge is 2.16. The molecule has 0 saturated heterocycles. The molecular weight excluding hydrogens is 204 g/mol. The first-order chi connectivity index (χ1) is 7.63. The van der Waals surface area contributed by atoms with Crippen LogP contribution >= 0.6 is 0 Å². The number of nitrogens with one attached hydrogen (secondary N) is 2. The molecule has 0 bridgehead atoms. The Kier molecular flexibility index (Phi) is 4.51. The molecule has 2 radical (unpaired) electrons.